The van der Waals surface area contributed by atoms with Crippen molar-refractivity contribution in [3.8, 4) is 0 Å². The molecule has 0 amide bonds. The molecular formula is C18H32. The maximum absolute atomic E-state index is 1.59. The predicted octanol–water partition coefficient (Wildman–Crippen LogP) is 5.95. The Bertz CT molecular complexity index is 198. The number of rotatable bonds is 2. The van der Waals surface area contributed by atoms with Crippen LogP contribution < -0.4 is 0 Å². The van der Waals surface area contributed by atoms with Gasteiger partial charge in [-0.15, -0.1) is 0 Å². The lowest BCUT2D eigenvalue weighted by molar-refractivity contribution is 0.123. The van der Waals surface area contributed by atoms with Gasteiger partial charge in [-0.25, -0.2) is 0 Å². The van der Waals surface area contributed by atoms with Crippen LogP contribution >= 0.6 is 0 Å². The van der Waals surface area contributed by atoms with Crippen molar-refractivity contribution < 1.29 is 0 Å². The minimum atomic E-state index is 1.13. The molecule has 3 aliphatic rings. The summed E-state index contributed by atoms with van der Waals surface area (Å²) >= 11 is 0. The van der Waals surface area contributed by atoms with Crippen molar-refractivity contribution in [1.29, 1.82) is 0 Å². The van der Waals surface area contributed by atoms with Crippen LogP contribution in [0, 0.1) is 23.7 Å². The second-order valence-corrected chi connectivity index (χ2v) is 7.47. The van der Waals surface area contributed by atoms with Crippen molar-refractivity contribution in [2.45, 2.75) is 89.9 Å². The van der Waals surface area contributed by atoms with Crippen LogP contribution in [-0.2, 0) is 0 Å². The third-order valence-electron chi connectivity index (χ3n) is 6.45. The zero-order chi connectivity index (χ0) is 12.2. The van der Waals surface area contributed by atoms with E-state index in [0.29, 0.717) is 0 Å². The minimum absolute atomic E-state index is 1.13. The van der Waals surface area contributed by atoms with E-state index in [1.165, 1.54) is 38.5 Å². The summed E-state index contributed by atoms with van der Waals surface area (Å²) in [5.41, 5.74) is 0. The van der Waals surface area contributed by atoms with Crippen molar-refractivity contribution >= 4 is 0 Å². The highest BCUT2D eigenvalue weighted by Crippen LogP contribution is 2.44. The van der Waals surface area contributed by atoms with Gasteiger partial charge in [0.2, 0.25) is 0 Å². The fraction of sp³-hybridized carbons (Fsp3) is 1.00. The van der Waals surface area contributed by atoms with E-state index < -0.39 is 0 Å². The summed E-state index contributed by atoms with van der Waals surface area (Å²) in [5.74, 6) is 4.52. The molecule has 0 unspecified atom stereocenters. The lowest BCUT2D eigenvalue weighted by Gasteiger charge is -2.39. The largest absolute Gasteiger partial charge is 0.0533 e. The summed E-state index contributed by atoms with van der Waals surface area (Å²) < 4.78 is 0. The Labute approximate surface area is 114 Å². The smallest absolute Gasteiger partial charge is 0.0386 e. The van der Waals surface area contributed by atoms with Crippen LogP contribution in [0.1, 0.15) is 89.9 Å². The molecule has 0 spiro atoms. The molecule has 0 radical (unpaired) electrons. The Morgan fingerprint density at radius 1 is 0.278 bits per heavy atom. The van der Waals surface area contributed by atoms with Gasteiger partial charge in [0.05, 0.1) is 0 Å². The standard InChI is InChI=1S/C18H32/c1-3-7-15(8-4-1)17-11-13-18(14-12-17)16-9-5-2-6-10-16/h15-18H,1-14H2. The first-order chi connectivity index (χ1) is 8.93. The van der Waals surface area contributed by atoms with E-state index in [9.17, 15) is 0 Å². The number of hydrogen-bond acceptors (Lipinski definition) is 0. The minimum Gasteiger partial charge on any atom is -0.0533 e. The molecule has 0 aromatic carbocycles. The molecular weight excluding hydrogens is 216 g/mol. The van der Waals surface area contributed by atoms with Gasteiger partial charge in [0.1, 0.15) is 0 Å². The van der Waals surface area contributed by atoms with Crippen LogP contribution in [0.5, 0.6) is 0 Å². The summed E-state index contributed by atoms with van der Waals surface area (Å²) in [4.78, 5) is 0. The Balaban J connectivity index is 1.45. The highest BCUT2D eigenvalue weighted by Gasteiger charge is 2.32. The Hall–Kier alpha value is 0. The van der Waals surface area contributed by atoms with Crippen LogP contribution in [0.2, 0.25) is 0 Å². The molecule has 104 valence electrons. The molecule has 0 bridgehead atoms. The maximum atomic E-state index is 1.59. The molecule has 0 heterocycles. The normalized spacial score (nSPS) is 36.7. The topological polar surface area (TPSA) is 0 Å². The molecule has 0 heteroatoms. The first kappa shape index (κ1) is 13.0. The fourth-order valence-electron chi connectivity index (χ4n) is 5.30. The summed E-state index contributed by atoms with van der Waals surface area (Å²) in [6.07, 6.45) is 21.8. The SMILES string of the molecule is C1CCC(C2CCC(C3CCCCC3)CC2)CC1. The number of hydrogen-bond donors (Lipinski definition) is 0. The van der Waals surface area contributed by atoms with Gasteiger partial charge in [-0.3, -0.25) is 0 Å². The first-order valence-corrected chi connectivity index (χ1v) is 8.93. The van der Waals surface area contributed by atoms with E-state index in [1.807, 2.05) is 0 Å². The van der Waals surface area contributed by atoms with Crippen molar-refractivity contribution in [3.63, 3.8) is 0 Å². The molecule has 0 nitrogen and oxygen atoms in total. The van der Waals surface area contributed by atoms with Gasteiger partial charge < -0.3 is 0 Å². The third kappa shape index (κ3) is 3.11. The Morgan fingerprint density at radius 3 is 0.889 bits per heavy atom. The molecule has 3 fully saturated rings. The Morgan fingerprint density at radius 2 is 0.556 bits per heavy atom. The van der Waals surface area contributed by atoms with E-state index in [-0.39, 0.29) is 0 Å². The van der Waals surface area contributed by atoms with Crippen LogP contribution in [-0.4, -0.2) is 0 Å². The summed E-state index contributed by atoms with van der Waals surface area (Å²) in [6, 6.07) is 0. The monoisotopic (exact) mass is 248 g/mol. The van der Waals surface area contributed by atoms with Gasteiger partial charge in [-0.1, -0.05) is 64.2 Å². The van der Waals surface area contributed by atoms with Gasteiger partial charge in [-0.2, -0.15) is 0 Å². The second-order valence-electron chi connectivity index (χ2n) is 7.47. The average molecular weight is 248 g/mol. The first-order valence-electron chi connectivity index (χ1n) is 8.93. The quantitative estimate of drug-likeness (QED) is 0.566. The van der Waals surface area contributed by atoms with Gasteiger partial charge in [0.15, 0.2) is 0 Å². The van der Waals surface area contributed by atoms with E-state index in [2.05, 4.69) is 0 Å². The Kier molecular flexibility index (Phi) is 4.65. The third-order valence-corrected chi connectivity index (χ3v) is 6.45. The summed E-state index contributed by atoms with van der Waals surface area (Å²) in [6.45, 7) is 0. The van der Waals surface area contributed by atoms with Crippen LogP contribution in [0.3, 0.4) is 0 Å². The highest BCUT2D eigenvalue weighted by atomic mass is 14.4. The van der Waals surface area contributed by atoms with E-state index in [4.69, 9.17) is 0 Å². The molecule has 0 saturated heterocycles. The lowest BCUT2D eigenvalue weighted by Crippen LogP contribution is -2.27. The van der Waals surface area contributed by atoms with E-state index in [0.717, 1.165) is 23.7 Å². The molecule has 0 atom stereocenters. The second kappa shape index (κ2) is 6.44. The molecule has 3 saturated carbocycles. The zero-order valence-corrected chi connectivity index (χ0v) is 12.2. The van der Waals surface area contributed by atoms with Gasteiger partial charge in [0, 0.05) is 0 Å². The average Bonchev–Trinajstić information content (AvgIpc) is 2.49. The van der Waals surface area contributed by atoms with E-state index in [1.54, 1.807) is 51.4 Å². The van der Waals surface area contributed by atoms with E-state index >= 15 is 0 Å². The van der Waals surface area contributed by atoms with Gasteiger partial charge >= 0.3 is 0 Å². The lowest BCUT2D eigenvalue weighted by atomic mass is 9.66. The van der Waals surface area contributed by atoms with Crippen LogP contribution in [0.4, 0.5) is 0 Å². The molecule has 0 aliphatic heterocycles. The van der Waals surface area contributed by atoms with Crippen molar-refractivity contribution in [2.24, 2.45) is 23.7 Å². The molecule has 0 aromatic rings. The van der Waals surface area contributed by atoms with Crippen LogP contribution in [0.15, 0.2) is 0 Å². The summed E-state index contributed by atoms with van der Waals surface area (Å²) in [7, 11) is 0. The highest BCUT2D eigenvalue weighted by molar-refractivity contribution is 4.83. The fourth-order valence-corrected chi connectivity index (χ4v) is 5.30. The van der Waals surface area contributed by atoms with Crippen LogP contribution in [0.25, 0.3) is 0 Å². The molecule has 18 heavy (non-hydrogen) atoms. The predicted molar refractivity (Wildman–Crippen MR) is 78.6 cm³/mol. The van der Waals surface area contributed by atoms with Crippen molar-refractivity contribution in [1.82, 2.24) is 0 Å². The van der Waals surface area contributed by atoms with Crippen molar-refractivity contribution in [2.75, 3.05) is 0 Å². The molecule has 3 aliphatic carbocycles. The molecule has 3 rings (SSSR count). The van der Waals surface area contributed by atoms with Gasteiger partial charge in [-0.05, 0) is 49.4 Å². The molecule has 0 N–H and O–H groups in total. The zero-order valence-electron chi connectivity index (χ0n) is 12.2. The summed E-state index contributed by atoms with van der Waals surface area (Å²) in [5, 5.41) is 0. The maximum Gasteiger partial charge on any atom is -0.0386 e. The van der Waals surface area contributed by atoms with Crippen molar-refractivity contribution in [3.05, 3.63) is 0 Å². The molecule has 0 aromatic heterocycles. The van der Waals surface area contributed by atoms with Gasteiger partial charge in [0.25, 0.3) is 0 Å².